The van der Waals surface area contributed by atoms with Crippen molar-refractivity contribution in [3.63, 3.8) is 0 Å². The number of hydrogen-bond acceptors (Lipinski definition) is 5. The Bertz CT molecular complexity index is 737. The van der Waals surface area contributed by atoms with Gasteiger partial charge in [0.2, 0.25) is 0 Å². The Hall–Kier alpha value is -2.08. The highest BCUT2D eigenvalue weighted by molar-refractivity contribution is 7.98. The highest BCUT2D eigenvalue weighted by atomic mass is 32.2. The zero-order valence-electron chi connectivity index (χ0n) is 14.9. The molecule has 0 saturated carbocycles. The van der Waals surface area contributed by atoms with E-state index in [1.807, 2.05) is 65.1 Å². The van der Waals surface area contributed by atoms with Crippen LogP contribution in [0.3, 0.4) is 0 Å². The second kappa shape index (κ2) is 7.21. The predicted octanol–water partition coefficient (Wildman–Crippen LogP) is 4.83. The van der Waals surface area contributed by atoms with Crippen LogP contribution < -0.4 is 5.32 Å². The number of ether oxygens (including phenoxy) is 1. The van der Waals surface area contributed by atoms with Crippen molar-refractivity contribution in [3.8, 4) is 11.3 Å². The number of aryl methyl sites for hydroxylation is 2. The summed E-state index contributed by atoms with van der Waals surface area (Å²) in [6, 6.07) is 8.01. The molecule has 1 heterocycles. The Labute approximate surface area is 147 Å². The van der Waals surface area contributed by atoms with E-state index in [2.05, 4.69) is 15.3 Å². The summed E-state index contributed by atoms with van der Waals surface area (Å²) >= 11 is 1.47. The van der Waals surface area contributed by atoms with E-state index in [-0.39, 0.29) is 0 Å². The Balaban J connectivity index is 2.46. The molecule has 5 nitrogen and oxygen atoms in total. The molecule has 0 saturated heterocycles. The van der Waals surface area contributed by atoms with Crippen molar-refractivity contribution in [3.05, 3.63) is 35.5 Å². The fraction of sp³-hybridized carbons (Fsp3) is 0.389. The van der Waals surface area contributed by atoms with E-state index < -0.39 is 11.7 Å². The molecule has 2 rings (SSSR count). The maximum Gasteiger partial charge on any atom is 0.412 e. The highest BCUT2D eigenvalue weighted by Crippen LogP contribution is 2.30. The number of anilines is 1. The standard InChI is InChI=1S/C18H23N3O2S/c1-11-7-9-13(10-8-11)15-14(12(2)19-16(20-15)24-6)21-17(22)23-18(3,4)5/h7-10H,1-6H3,(H,21,22). The summed E-state index contributed by atoms with van der Waals surface area (Å²) in [6.07, 6.45) is 1.41. The minimum absolute atomic E-state index is 0.514. The van der Waals surface area contributed by atoms with Crippen LogP contribution in [0.15, 0.2) is 29.4 Å². The van der Waals surface area contributed by atoms with Crippen LogP contribution in [-0.4, -0.2) is 27.9 Å². The quantitative estimate of drug-likeness (QED) is 0.637. The summed E-state index contributed by atoms with van der Waals surface area (Å²) in [5, 5.41) is 3.47. The van der Waals surface area contributed by atoms with E-state index in [0.29, 0.717) is 22.2 Å². The Morgan fingerprint density at radius 1 is 1.12 bits per heavy atom. The Kier molecular flexibility index (Phi) is 5.49. The van der Waals surface area contributed by atoms with Crippen LogP contribution in [0.1, 0.15) is 32.0 Å². The molecule has 1 aromatic heterocycles. The Morgan fingerprint density at radius 2 is 1.75 bits per heavy atom. The van der Waals surface area contributed by atoms with E-state index in [4.69, 9.17) is 4.74 Å². The second-order valence-corrected chi connectivity index (χ2v) is 7.29. The number of nitrogens with one attached hydrogen (secondary N) is 1. The Morgan fingerprint density at radius 3 is 2.29 bits per heavy atom. The van der Waals surface area contributed by atoms with Gasteiger partial charge in [-0.1, -0.05) is 41.6 Å². The second-order valence-electron chi connectivity index (χ2n) is 6.51. The first kappa shape index (κ1) is 18.3. The zero-order chi connectivity index (χ0) is 17.9. The SMILES string of the molecule is CSc1nc(C)c(NC(=O)OC(C)(C)C)c(-c2ccc(C)cc2)n1. The number of rotatable bonds is 3. The predicted molar refractivity (Wildman–Crippen MR) is 98.6 cm³/mol. The van der Waals surface area contributed by atoms with E-state index >= 15 is 0 Å². The third-order valence-electron chi connectivity index (χ3n) is 3.20. The van der Waals surface area contributed by atoms with Crippen molar-refractivity contribution in [2.24, 2.45) is 0 Å². The van der Waals surface area contributed by atoms with Gasteiger partial charge >= 0.3 is 6.09 Å². The van der Waals surface area contributed by atoms with Gasteiger partial charge in [0, 0.05) is 5.56 Å². The van der Waals surface area contributed by atoms with Gasteiger partial charge in [-0.2, -0.15) is 0 Å². The first-order valence-corrected chi connectivity index (χ1v) is 8.92. The molecule has 1 amide bonds. The molecule has 0 atom stereocenters. The molecule has 0 unspecified atom stereocenters. The van der Waals surface area contributed by atoms with Crippen molar-refractivity contribution in [1.29, 1.82) is 0 Å². The first-order chi connectivity index (χ1) is 11.2. The number of thioether (sulfide) groups is 1. The number of benzene rings is 1. The van der Waals surface area contributed by atoms with E-state index in [1.165, 1.54) is 11.8 Å². The number of amides is 1. The number of nitrogens with zero attached hydrogens (tertiary/aromatic N) is 2. The topological polar surface area (TPSA) is 64.1 Å². The lowest BCUT2D eigenvalue weighted by Crippen LogP contribution is -2.27. The van der Waals surface area contributed by atoms with Gasteiger partial charge in [0.05, 0.1) is 17.1 Å². The van der Waals surface area contributed by atoms with Crippen molar-refractivity contribution >= 4 is 23.5 Å². The monoisotopic (exact) mass is 345 g/mol. The lowest BCUT2D eigenvalue weighted by molar-refractivity contribution is 0.0635. The smallest absolute Gasteiger partial charge is 0.412 e. The largest absolute Gasteiger partial charge is 0.444 e. The molecule has 128 valence electrons. The van der Waals surface area contributed by atoms with Gasteiger partial charge in [0.25, 0.3) is 0 Å². The molecule has 6 heteroatoms. The molecule has 24 heavy (non-hydrogen) atoms. The van der Waals surface area contributed by atoms with Gasteiger partial charge in [0.15, 0.2) is 5.16 Å². The highest BCUT2D eigenvalue weighted by Gasteiger charge is 2.20. The van der Waals surface area contributed by atoms with Crippen molar-refractivity contribution < 1.29 is 9.53 Å². The summed E-state index contributed by atoms with van der Waals surface area (Å²) in [6.45, 7) is 9.36. The number of carbonyl (C=O) groups is 1. The van der Waals surface area contributed by atoms with Gasteiger partial charge < -0.3 is 4.74 Å². The van der Waals surface area contributed by atoms with Gasteiger partial charge in [-0.05, 0) is 40.9 Å². The fourth-order valence-corrected chi connectivity index (χ4v) is 2.52. The molecule has 0 radical (unpaired) electrons. The number of aromatic nitrogens is 2. The van der Waals surface area contributed by atoms with Crippen molar-refractivity contribution in [1.82, 2.24) is 9.97 Å². The molecule has 1 aromatic carbocycles. The third-order valence-corrected chi connectivity index (χ3v) is 3.75. The molecule has 1 N–H and O–H groups in total. The number of carbonyl (C=O) groups excluding carboxylic acids is 1. The minimum atomic E-state index is -0.567. The lowest BCUT2D eigenvalue weighted by atomic mass is 10.1. The average Bonchev–Trinajstić information content (AvgIpc) is 2.48. The summed E-state index contributed by atoms with van der Waals surface area (Å²) in [7, 11) is 0. The zero-order valence-corrected chi connectivity index (χ0v) is 15.7. The summed E-state index contributed by atoms with van der Waals surface area (Å²) < 4.78 is 5.35. The molecular formula is C18H23N3O2S. The normalized spacial score (nSPS) is 11.2. The van der Waals surface area contributed by atoms with Gasteiger partial charge in [-0.25, -0.2) is 14.8 Å². The molecule has 0 aliphatic rings. The maximum atomic E-state index is 12.2. The van der Waals surface area contributed by atoms with Crippen LogP contribution >= 0.6 is 11.8 Å². The molecule has 0 aliphatic heterocycles. The summed E-state index contributed by atoms with van der Waals surface area (Å²) in [5.41, 5.74) is 3.49. The van der Waals surface area contributed by atoms with Crippen LogP contribution in [0.4, 0.5) is 10.5 Å². The van der Waals surface area contributed by atoms with Crippen LogP contribution in [0, 0.1) is 13.8 Å². The number of hydrogen-bond donors (Lipinski definition) is 1. The fourth-order valence-electron chi connectivity index (χ4n) is 2.11. The maximum absolute atomic E-state index is 12.2. The third kappa shape index (κ3) is 4.71. The van der Waals surface area contributed by atoms with Gasteiger partial charge in [0.1, 0.15) is 5.60 Å². The van der Waals surface area contributed by atoms with Crippen molar-refractivity contribution in [2.75, 3.05) is 11.6 Å². The van der Waals surface area contributed by atoms with E-state index in [0.717, 1.165) is 11.1 Å². The van der Waals surface area contributed by atoms with Gasteiger partial charge in [-0.3, -0.25) is 5.32 Å². The summed E-state index contributed by atoms with van der Waals surface area (Å²) in [5.74, 6) is 0. The molecule has 0 bridgehead atoms. The van der Waals surface area contributed by atoms with Gasteiger partial charge in [-0.15, -0.1) is 0 Å². The van der Waals surface area contributed by atoms with Crippen LogP contribution in [0.5, 0.6) is 0 Å². The summed E-state index contributed by atoms with van der Waals surface area (Å²) in [4.78, 5) is 21.2. The molecule has 0 aliphatic carbocycles. The molecule has 0 fully saturated rings. The van der Waals surface area contributed by atoms with Crippen LogP contribution in [-0.2, 0) is 4.74 Å². The van der Waals surface area contributed by atoms with E-state index in [1.54, 1.807) is 0 Å². The molecular weight excluding hydrogens is 322 g/mol. The van der Waals surface area contributed by atoms with Crippen molar-refractivity contribution in [2.45, 2.75) is 45.4 Å². The van der Waals surface area contributed by atoms with Crippen LogP contribution in [0.2, 0.25) is 0 Å². The molecule has 2 aromatic rings. The lowest BCUT2D eigenvalue weighted by Gasteiger charge is -2.21. The minimum Gasteiger partial charge on any atom is -0.444 e. The van der Waals surface area contributed by atoms with Crippen LogP contribution in [0.25, 0.3) is 11.3 Å². The average molecular weight is 345 g/mol. The molecule has 0 spiro atoms. The first-order valence-electron chi connectivity index (χ1n) is 7.69. The van der Waals surface area contributed by atoms with E-state index in [9.17, 15) is 4.79 Å².